The fourth-order valence-electron chi connectivity index (χ4n) is 2.10. The van der Waals surface area contributed by atoms with Gasteiger partial charge in [0.15, 0.2) is 0 Å². The predicted molar refractivity (Wildman–Crippen MR) is 87.0 cm³/mol. The van der Waals surface area contributed by atoms with Crippen molar-refractivity contribution in [2.24, 2.45) is 0 Å². The number of nitrogens with one attached hydrogen (secondary N) is 1. The standard InChI is InChI=1S/C16H23N3OS/c1-13-6-3-4-7-14(13)12-16-19-18-15(21-16)8-5-9-17-10-11-20-2/h3-4,6-7,17H,5,8-12H2,1-2H3. The van der Waals surface area contributed by atoms with Crippen molar-refractivity contribution < 1.29 is 4.74 Å². The first-order chi connectivity index (χ1) is 10.3. The minimum Gasteiger partial charge on any atom is -0.383 e. The van der Waals surface area contributed by atoms with Crippen molar-refractivity contribution >= 4 is 11.3 Å². The largest absolute Gasteiger partial charge is 0.383 e. The lowest BCUT2D eigenvalue weighted by Crippen LogP contribution is -2.20. The van der Waals surface area contributed by atoms with E-state index in [1.54, 1.807) is 18.4 Å². The summed E-state index contributed by atoms with van der Waals surface area (Å²) in [5.41, 5.74) is 2.65. The van der Waals surface area contributed by atoms with Crippen LogP contribution in [0.4, 0.5) is 0 Å². The van der Waals surface area contributed by atoms with E-state index >= 15 is 0 Å². The van der Waals surface area contributed by atoms with Crippen LogP contribution in [-0.4, -0.2) is 37.0 Å². The van der Waals surface area contributed by atoms with E-state index in [1.165, 1.54) is 11.1 Å². The molecule has 0 saturated heterocycles. The fraction of sp³-hybridized carbons (Fsp3) is 0.500. The zero-order valence-electron chi connectivity index (χ0n) is 12.8. The molecule has 0 saturated carbocycles. The second-order valence-corrected chi connectivity index (χ2v) is 6.19. The molecule has 0 aliphatic heterocycles. The molecule has 0 amide bonds. The summed E-state index contributed by atoms with van der Waals surface area (Å²) < 4.78 is 4.99. The van der Waals surface area contributed by atoms with Crippen LogP contribution in [-0.2, 0) is 17.6 Å². The van der Waals surface area contributed by atoms with Gasteiger partial charge in [-0.3, -0.25) is 0 Å². The SMILES string of the molecule is COCCNCCCc1nnc(Cc2ccccc2C)s1. The van der Waals surface area contributed by atoms with E-state index in [1.807, 2.05) is 0 Å². The normalized spacial score (nSPS) is 11.0. The number of aromatic nitrogens is 2. The van der Waals surface area contributed by atoms with Gasteiger partial charge in [0.05, 0.1) is 6.61 Å². The average molecular weight is 305 g/mol. The Balaban J connectivity index is 1.75. The van der Waals surface area contributed by atoms with Gasteiger partial charge in [-0.2, -0.15) is 0 Å². The van der Waals surface area contributed by atoms with E-state index in [0.717, 1.165) is 49.0 Å². The van der Waals surface area contributed by atoms with E-state index in [4.69, 9.17) is 4.74 Å². The number of hydrogen-bond acceptors (Lipinski definition) is 5. The zero-order valence-corrected chi connectivity index (χ0v) is 13.6. The molecule has 1 heterocycles. The van der Waals surface area contributed by atoms with E-state index in [-0.39, 0.29) is 0 Å². The predicted octanol–water partition coefficient (Wildman–Crippen LogP) is 2.61. The second-order valence-electron chi connectivity index (χ2n) is 5.04. The zero-order chi connectivity index (χ0) is 14.9. The Morgan fingerprint density at radius 1 is 1.14 bits per heavy atom. The van der Waals surface area contributed by atoms with E-state index in [2.05, 4.69) is 46.7 Å². The van der Waals surface area contributed by atoms with Crippen LogP contribution in [0.5, 0.6) is 0 Å². The highest BCUT2D eigenvalue weighted by Crippen LogP contribution is 2.17. The summed E-state index contributed by atoms with van der Waals surface area (Å²) in [7, 11) is 1.72. The highest BCUT2D eigenvalue weighted by molar-refractivity contribution is 7.11. The first-order valence-corrected chi connectivity index (χ1v) is 8.16. The average Bonchev–Trinajstić information content (AvgIpc) is 2.93. The molecule has 0 bridgehead atoms. The molecule has 0 aliphatic carbocycles. The van der Waals surface area contributed by atoms with Crippen LogP contribution in [0.2, 0.25) is 0 Å². The van der Waals surface area contributed by atoms with Gasteiger partial charge in [-0.1, -0.05) is 24.3 Å². The maximum Gasteiger partial charge on any atom is 0.121 e. The molecule has 0 unspecified atom stereocenters. The summed E-state index contributed by atoms with van der Waals surface area (Å²) in [4.78, 5) is 0. The lowest BCUT2D eigenvalue weighted by atomic mass is 10.1. The summed E-state index contributed by atoms with van der Waals surface area (Å²) in [6.07, 6.45) is 2.96. The maximum absolute atomic E-state index is 4.99. The summed E-state index contributed by atoms with van der Waals surface area (Å²) >= 11 is 1.73. The lowest BCUT2D eigenvalue weighted by molar-refractivity contribution is 0.199. The number of rotatable bonds is 9. The Labute approximate surface area is 130 Å². The third-order valence-electron chi connectivity index (χ3n) is 3.34. The Kier molecular flexibility index (Phi) is 6.79. The van der Waals surface area contributed by atoms with Crippen molar-refractivity contribution in [2.75, 3.05) is 26.8 Å². The second kappa shape index (κ2) is 8.87. The van der Waals surface area contributed by atoms with Gasteiger partial charge in [0, 0.05) is 26.5 Å². The fourth-order valence-corrected chi connectivity index (χ4v) is 3.01. The van der Waals surface area contributed by atoms with Gasteiger partial charge in [-0.25, -0.2) is 0 Å². The number of nitrogens with zero attached hydrogens (tertiary/aromatic N) is 2. The van der Waals surface area contributed by atoms with Crippen molar-refractivity contribution in [3.63, 3.8) is 0 Å². The van der Waals surface area contributed by atoms with Crippen LogP contribution < -0.4 is 5.32 Å². The molecule has 0 fully saturated rings. The van der Waals surface area contributed by atoms with E-state index < -0.39 is 0 Å². The first kappa shape index (κ1) is 16.1. The topological polar surface area (TPSA) is 47.0 Å². The molecular formula is C16H23N3OS. The number of benzene rings is 1. The van der Waals surface area contributed by atoms with Crippen molar-refractivity contribution in [3.05, 3.63) is 45.4 Å². The van der Waals surface area contributed by atoms with E-state index in [9.17, 15) is 0 Å². The van der Waals surface area contributed by atoms with Crippen LogP contribution in [0.15, 0.2) is 24.3 Å². The number of methoxy groups -OCH3 is 1. The maximum atomic E-state index is 4.99. The van der Waals surface area contributed by atoms with Crippen LogP contribution >= 0.6 is 11.3 Å². The summed E-state index contributed by atoms with van der Waals surface area (Å²) in [6, 6.07) is 8.45. The Morgan fingerprint density at radius 2 is 1.95 bits per heavy atom. The first-order valence-electron chi connectivity index (χ1n) is 7.35. The lowest BCUT2D eigenvalue weighted by Gasteiger charge is -2.02. The van der Waals surface area contributed by atoms with Gasteiger partial charge in [0.1, 0.15) is 10.0 Å². The summed E-state index contributed by atoms with van der Waals surface area (Å²) in [6.45, 7) is 4.81. The Bertz CT molecular complexity index is 542. The molecule has 0 spiro atoms. The summed E-state index contributed by atoms with van der Waals surface area (Å²) in [5, 5.41) is 14.2. The van der Waals surface area contributed by atoms with Crippen LogP contribution in [0.25, 0.3) is 0 Å². The smallest absolute Gasteiger partial charge is 0.121 e. The molecule has 2 rings (SSSR count). The number of aryl methyl sites for hydroxylation is 2. The van der Waals surface area contributed by atoms with Gasteiger partial charge in [0.2, 0.25) is 0 Å². The molecule has 0 atom stereocenters. The quantitative estimate of drug-likeness (QED) is 0.723. The molecular weight excluding hydrogens is 282 g/mol. The monoisotopic (exact) mass is 305 g/mol. The van der Waals surface area contributed by atoms with Crippen LogP contribution in [0, 0.1) is 6.92 Å². The number of hydrogen-bond donors (Lipinski definition) is 1. The van der Waals surface area contributed by atoms with Crippen LogP contribution in [0.1, 0.15) is 27.6 Å². The van der Waals surface area contributed by atoms with Crippen molar-refractivity contribution in [2.45, 2.75) is 26.2 Å². The molecule has 21 heavy (non-hydrogen) atoms. The third kappa shape index (κ3) is 5.53. The number of ether oxygens (including phenoxy) is 1. The van der Waals surface area contributed by atoms with Crippen LogP contribution in [0.3, 0.4) is 0 Å². The Morgan fingerprint density at radius 3 is 2.76 bits per heavy atom. The molecule has 4 nitrogen and oxygen atoms in total. The molecule has 0 radical (unpaired) electrons. The molecule has 1 aromatic carbocycles. The van der Waals surface area contributed by atoms with E-state index in [0.29, 0.717) is 0 Å². The van der Waals surface area contributed by atoms with Gasteiger partial charge in [-0.15, -0.1) is 21.5 Å². The van der Waals surface area contributed by atoms with Gasteiger partial charge < -0.3 is 10.1 Å². The molecule has 2 aromatic rings. The van der Waals surface area contributed by atoms with Gasteiger partial charge in [0.25, 0.3) is 0 Å². The highest BCUT2D eigenvalue weighted by atomic mass is 32.1. The molecule has 1 N–H and O–H groups in total. The Hall–Kier alpha value is -1.30. The van der Waals surface area contributed by atoms with Crippen molar-refractivity contribution in [1.29, 1.82) is 0 Å². The minimum absolute atomic E-state index is 0.763. The highest BCUT2D eigenvalue weighted by Gasteiger charge is 2.06. The third-order valence-corrected chi connectivity index (χ3v) is 4.32. The van der Waals surface area contributed by atoms with Crippen molar-refractivity contribution in [1.82, 2.24) is 15.5 Å². The van der Waals surface area contributed by atoms with Gasteiger partial charge >= 0.3 is 0 Å². The minimum atomic E-state index is 0.763. The summed E-state index contributed by atoms with van der Waals surface area (Å²) in [5.74, 6) is 0. The van der Waals surface area contributed by atoms with Crippen molar-refractivity contribution in [3.8, 4) is 0 Å². The molecule has 0 aliphatic rings. The van der Waals surface area contributed by atoms with Gasteiger partial charge in [-0.05, 0) is 31.0 Å². The molecule has 1 aromatic heterocycles. The molecule has 5 heteroatoms. The molecule has 114 valence electrons.